The number of sulfonamides is 1. The first-order valence-electron chi connectivity index (χ1n) is 6.56. The third-order valence-corrected chi connectivity index (χ3v) is 5.71. The number of hydrogen-bond acceptors (Lipinski definition) is 7. The molecule has 2 heterocycles. The summed E-state index contributed by atoms with van der Waals surface area (Å²) in [5.41, 5.74) is 0.740. The molecule has 1 amide bonds. The number of aromatic nitrogens is 1. The Morgan fingerprint density at radius 2 is 2.13 bits per heavy atom. The zero-order valence-electron chi connectivity index (χ0n) is 12.0. The van der Waals surface area contributed by atoms with Gasteiger partial charge in [-0.1, -0.05) is 17.4 Å². The molecule has 1 aromatic heterocycles. The minimum Gasteiger partial charge on any atom is -0.454 e. The summed E-state index contributed by atoms with van der Waals surface area (Å²) in [4.78, 5) is 14.8. The quantitative estimate of drug-likeness (QED) is 0.837. The molecule has 1 aliphatic rings. The van der Waals surface area contributed by atoms with Gasteiger partial charge in [-0.2, -0.15) is 0 Å². The third-order valence-electron chi connectivity index (χ3n) is 2.94. The number of rotatable bonds is 5. The summed E-state index contributed by atoms with van der Waals surface area (Å²) in [6.45, 7) is 1.59. The van der Waals surface area contributed by atoms with E-state index in [9.17, 15) is 13.2 Å². The molecule has 122 valence electrons. The van der Waals surface area contributed by atoms with Crippen LogP contribution < -0.4 is 19.5 Å². The first kappa shape index (κ1) is 15.7. The van der Waals surface area contributed by atoms with Crippen LogP contribution in [-0.2, 0) is 21.4 Å². The van der Waals surface area contributed by atoms with Gasteiger partial charge in [-0.3, -0.25) is 4.79 Å². The highest BCUT2D eigenvalue weighted by Gasteiger charge is 2.19. The second kappa shape index (κ2) is 6.14. The molecule has 2 aromatic rings. The maximum Gasteiger partial charge on any atom is 0.252 e. The van der Waals surface area contributed by atoms with Crippen molar-refractivity contribution in [3.63, 3.8) is 0 Å². The number of thiazole rings is 1. The van der Waals surface area contributed by atoms with Gasteiger partial charge in [0.15, 0.2) is 20.8 Å². The number of fused-ring (bicyclic) bond motifs is 1. The molecule has 0 spiro atoms. The summed E-state index contributed by atoms with van der Waals surface area (Å²) in [6, 6.07) is 5.21. The number of carbonyl (C=O) groups is 1. The number of hydrogen-bond donors (Lipinski definition) is 2. The van der Waals surface area contributed by atoms with Gasteiger partial charge in [0.1, 0.15) is 0 Å². The molecular formula is C13H13N3O5S2. The minimum absolute atomic E-state index is 0.0296. The fourth-order valence-corrected chi connectivity index (χ4v) is 4.03. The molecule has 0 bridgehead atoms. The van der Waals surface area contributed by atoms with Crippen LogP contribution in [0, 0.1) is 0 Å². The second-order valence-electron chi connectivity index (χ2n) is 4.68. The molecule has 3 rings (SSSR count). The number of carbonyl (C=O) groups excluding carboxylic acids is 1. The molecule has 0 saturated heterocycles. The predicted octanol–water partition coefficient (Wildman–Crippen LogP) is 1.31. The lowest BCUT2D eigenvalue weighted by Gasteiger charge is -2.05. The van der Waals surface area contributed by atoms with Crippen molar-refractivity contribution < 1.29 is 22.7 Å². The van der Waals surface area contributed by atoms with Crippen LogP contribution in [0.1, 0.15) is 12.5 Å². The van der Waals surface area contributed by atoms with Crippen LogP contribution in [0.25, 0.3) is 0 Å². The van der Waals surface area contributed by atoms with Crippen LogP contribution in [0.2, 0.25) is 0 Å². The number of benzene rings is 1. The highest BCUT2D eigenvalue weighted by Crippen LogP contribution is 2.32. The SMILES string of the molecule is CC(=O)Nc1ncc(S(=O)(=O)NCc2ccc3c(c2)OCO3)s1. The smallest absolute Gasteiger partial charge is 0.252 e. The van der Waals surface area contributed by atoms with Crippen molar-refractivity contribution in [3.05, 3.63) is 30.0 Å². The van der Waals surface area contributed by atoms with E-state index in [-0.39, 0.29) is 28.6 Å². The number of nitrogens with one attached hydrogen (secondary N) is 2. The highest BCUT2D eigenvalue weighted by molar-refractivity contribution is 7.91. The maximum absolute atomic E-state index is 12.2. The molecule has 0 fully saturated rings. The standard InChI is InChI=1S/C13H13N3O5S2/c1-8(17)16-13-14-6-12(22-13)23(18,19)15-5-9-2-3-10-11(4-9)21-7-20-10/h2-4,6,15H,5,7H2,1H3,(H,14,16,17). The lowest BCUT2D eigenvalue weighted by molar-refractivity contribution is -0.114. The predicted molar refractivity (Wildman–Crippen MR) is 83.0 cm³/mol. The second-order valence-corrected chi connectivity index (χ2v) is 7.70. The Hall–Kier alpha value is -2.17. The number of nitrogens with zero attached hydrogens (tertiary/aromatic N) is 1. The lowest BCUT2D eigenvalue weighted by Crippen LogP contribution is -2.22. The van der Waals surface area contributed by atoms with Crippen molar-refractivity contribution in [2.45, 2.75) is 17.7 Å². The monoisotopic (exact) mass is 355 g/mol. The van der Waals surface area contributed by atoms with Gasteiger partial charge < -0.3 is 14.8 Å². The highest BCUT2D eigenvalue weighted by atomic mass is 32.2. The molecule has 10 heteroatoms. The van der Waals surface area contributed by atoms with Crippen LogP contribution in [-0.4, -0.2) is 26.1 Å². The third kappa shape index (κ3) is 3.60. The molecule has 8 nitrogen and oxygen atoms in total. The largest absolute Gasteiger partial charge is 0.454 e. The normalized spacial score (nSPS) is 13.1. The van der Waals surface area contributed by atoms with Crippen LogP contribution >= 0.6 is 11.3 Å². The van der Waals surface area contributed by atoms with Gasteiger partial charge in [0.05, 0.1) is 6.20 Å². The van der Waals surface area contributed by atoms with E-state index >= 15 is 0 Å². The Morgan fingerprint density at radius 3 is 2.91 bits per heavy atom. The summed E-state index contributed by atoms with van der Waals surface area (Å²) in [5.74, 6) is 0.920. The summed E-state index contributed by atoms with van der Waals surface area (Å²) >= 11 is 0.885. The average molecular weight is 355 g/mol. The number of ether oxygens (including phenoxy) is 2. The van der Waals surface area contributed by atoms with Gasteiger partial charge in [-0.15, -0.1) is 0 Å². The van der Waals surface area contributed by atoms with E-state index in [1.165, 1.54) is 13.1 Å². The molecule has 0 radical (unpaired) electrons. The summed E-state index contributed by atoms with van der Waals surface area (Å²) in [5, 5.41) is 2.68. The Balaban J connectivity index is 1.69. The molecule has 0 unspecified atom stereocenters. The zero-order chi connectivity index (χ0) is 16.4. The van der Waals surface area contributed by atoms with E-state index < -0.39 is 10.0 Å². The number of amides is 1. The first-order chi connectivity index (χ1) is 10.9. The van der Waals surface area contributed by atoms with E-state index in [2.05, 4.69) is 15.0 Å². The molecule has 1 aliphatic heterocycles. The molecule has 0 aliphatic carbocycles. The van der Waals surface area contributed by atoms with Gasteiger partial charge in [0.2, 0.25) is 12.7 Å². The summed E-state index contributed by atoms with van der Waals surface area (Å²) < 4.78 is 37.4. The Kier molecular flexibility index (Phi) is 4.20. The van der Waals surface area contributed by atoms with Gasteiger partial charge in [0, 0.05) is 13.5 Å². The Bertz CT molecular complexity index is 847. The summed E-state index contributed by atoms with van der Waals surface area (Å²) in [6.07, 6.45) is 1.21. The molecule has 1 aromatic carbocycles. The van der Waals surface area contributed by atoms with Crippen molar-refractivity contribution in [1.82, 2.24) is 9.71 Å². The fourth-order valence-electron chi connectivity index (χ4n) is 1.89. The van der Waals surface area contributed by atoms with Crippen LogP contribution in [0.3, 0.4) is 0 Å². The van der Waals surface area contributed by atoms with Crippen LogP contribution in [0.5, 0.6) is 11.5 Å². The minimum atomic E-state index is -3.70. The Labute approximate surface area is 136 Å². The average Bonchev–Trinajstić information content (AvgIpc) is 3.13. The topological polar surface area (TPSA) is 107 Å². The van der Waals surface area contributed by atoms with E-state index in [1.54, 1.807) is 18.2 Å². The van der Waals surface area contributed by atoms with E-state index in [0.29, 0.717) is 11.5 Å². The van der Waals surface area contributed by atoms with E-state index in [0.717, 1.165) is 16.9 Å². The zero-order valence-corrected chi connectivity index (χ0v) is 13.7. The van der Waals surface area contributed by atoms with Crippen molar-refractivity contribution in [1.29, 1.82) is 0 Å². The Morgan fingerprint density at radius 1 is 1.35 bits per heavy atom. The van der Waals surface area contributed by atoms with Crippen LogP contribution in [0.4, 0.5) is 5.13 Å². The van der Waals surface area contributed by atoms with Crippen LogP contribution in [0.15, 0.2) is 28.6 Å². The number of anilines is 1. The first-order valence-corrected chi connectivity index (χ1v) is 8.85. The van der Waals surface area contributed by atoms with Gasteiger partial charge in [-0.05, 0) is 17.7 Å². The fraction of sp³-hybridized carbons (Fsp3) is 0.231. The van der Waals surface area contributed by atoms with Crippen molar-refractivity contribution >= 4 is 32.4 Å². The van der Waals surface area contributed by atoms with Gasteiger partial charge in [0.25, 0.3) is 10.0 Å². The molecule has 0 atom stereocenters. The molecule has 0 saturated carbocycles. The molecule has 23 heavy (non-hydrogen) atoms. The van der Waals surface area contributed by atoms with Crippen molar-refractivity contribution in [2.24, 2.45) is 0 Å². The summed E-state index contributed by atoms with van der Waals surface area (Å²) in [7, 11) is -3.70. The lowest BCUT2D eigenvalue weighted by atomic mass is 10.2. The maximum atomic E-state index is 12.2. The van der Waals surface area contributed by atoms with Crippen molar-refractivity contribution in [2.75, 3.05) is 12.1 Å². The van der Waals surface area contributed by atoms with Crippen molar-refractivity contribution in [3.8, 4) is 11.5 Å². The van der Waals surface area contributed by atoms with E-state index in [4.69, 9.17) is 9.47 Å². The van der Waals surface area contributed by atoms with E-state index in [1.807, 2.05) is 0 Å². The van der Waals surface area contributed by atoms with Gasteiger partial charge >= 0.3 is 0 Å². The molecule has 2 N–H and O–H groups in total. The van der Waals surface area contributed by atoms with Gasteiger partial charge in [-0.25, -0.2) is 18.1 Å². The molecular weight excluding hydrogens is 342 g/mol.